The molecule has 1 aliphatic carbocycles. The molecule has 0 N–H and O–H groups in total. The fourth-order valence-corrected chi connectivity index (χ4v) is 3.78. The van der Waals surface area contributed by atoms with Gasteiger partial charge in [0.25, 0.3) is 0 Å². The summed E-state index contributed by atoms with van der Waals surface area (Å²) >= 11 is 1.60. The molecule has 3 rings (SSSR count). The Balaban J connectivity index is 1.76. The zero-order valence-electron chi connectivity index (χ0n) is 10.8. The molecule has 1 aliphatic heterocycles. The molecule has 18 heavy (non-hydrogen) atoms. The third-order valence-electron chi connectivity index (χ3n) is 4.14. The highest BCUT2D eigenvalue weighted by atomic mass is 32.1. The first-order chi connectivity index (χ1) is 8.70. The van der Waals surface area contributed by atoms with Crippen molar-refractivity contribution in [3.8, 4) is 0 Å². The first-order valence-corrected chi connectivity index (χ1v) is 7.38. The van der Waals surface area contributed by atoms with Crippen molar-refractivity contribution in [1.82, 2.24) is 15.1 Å². The third-order valence-corrected chi connectivity index (χ3v) is 5.21. The van der Waals surface area contributed by atoms with Crippen LogP contribution in [0.5, 0.6) is 0 Å². The second-order valence-electron chi connectivity index (χ2n) is 5.13. The number of amides is 2. The molecule has 0 bridgehead atoms. The normalized spacial score (nSPS) is 27.8. The van der Waals surface area contributed by atoms with Crippen LogP contribution in [0, 0.1) is 5.92 Å². The lowest BCUT2D eigenvalue weighted by atomic mass is 9.73. The van der Waals surface area contributed by atoms with E-state index >= 15 is 0 Å². The average Bonchev–Trinajstić information content (AvgIpc) is 2.88. The lowest BCUT2D eigenvalue weighted by Gasteiger charge is -2.33. The van der Waals surface area contributed by atoms with Crippen LogP contribution in [0.4, 0.5) is 9.93 Å². The Morgan fingerprint density at radius 1 is 1.33 bits per heavy atom. The van der Waals surface area contributed by atoms with E-state index in [1.807, 2.05) is 7.05 Å². The topological polar surface area (TPSA) is 49.3 Å². The van der Waals surface area contributed by atoms with Gasteiger partial charge in [-0.3, -0.25) is 4.90 Å². The number of anilines is 1. The van der Waals surface area contributed by atoms with Gasteiger partial charge < -0.3 is 4.90 Å². The van der Waals surface area contributed by atoms with E-state index in [-0.39, 0.29) is 6.03 Å². The van der Waals surface area contributed by atoms with Gasteiger partial charge in [0.15, 0.2) is 0 Å². The zero-order valence-corrected chi connectivity index (χ0v) is 11.6. The van der Waals surface area contributed by atoms with Crippen molar-refractivity contribution < 1.29 is 4.79 Å². The van der Waals surface area contributed by atoms with Gasteiger partial charge in [0.2, 0.25) is 5.13 Å². The molecule has 5 nitrogen and oxygen atoms in total. The van der Waals surface area contributed by atoms with Crippen molar-refractivity contribution >= 4 is 22.5 Å². The van der Waals surface area contributed by atoms with Crippen molar-refractivity contribution in [3.63, 3.8) is 0 Å². The molecule has 1 saturated heterocycles. The number of nitrogens with zero attached hydrogens (tertiary/aromatic N) is 4. The summed E-state index contributed by atoms with van der Waals surface area (Å²) in [7, 11) is 1.82. The summed E-state index contributed by atoms with van der Waals surface area (Å²) in [6.45, 7) is 3.73. The van der Waals surface area contributed by atoms with Crippen molar-refractivity contribution in [2.24, 2.45) is 5.92 Å². The molecule has 6 heteroatoms. The summed E-state index contributed by atoms with van der Waals surface area (Å²) in [6.07, 6.45) is 3.74. The minimum absolute atomic E-state index is 0.0401. The highest BCUT2D eigenvalue weighted by molar-refractivity contribution is 7.15. The van der Waals surface area contributed by atoms with Crippen molar-refractivity contribution in [2.75, 3.05) is 25.0 Å². The third kappa shape index (κ3) is 1.79. The summed E-state index contributed by atoms with van der Waals surface area (Å²) < 4.78 is 0. The van der Waals surface area contributed by atoms with Crippen LogP contribution >= 0.6 is 11.3 Å². The fraction of sp³-hybridized carbons (Fsp3) is 0.750. The van der Waals surface area contributed by atoms with Crippen LogP contribution in [-0.2, 0) is 0 Å². The van der Waals surface area contributed by atoms with Crippen LogP contribution in [0.3, 0.4) is 0 Å². The Labute approximate surface area is 111 Å². The molecular formula is C12H18N4OS. The number of carbonyl (C=O) groups excluding carboxylic acids is 1. The van der Waals surface area contributed by atoms with E-state index in [1.165, 1.54) is 19.3 Å². The Kier molecular flexibility index (Phi) is 2.97. The molecule has 2 amide bonds. The average molecular weight is 266 g/mol. The monoisotopic (exact) mass is 266 g/mol. The van der Waals surface area contributed by atoms with Crippen LogP contribution in [0.15, 0.2) is 0 Å². The number of carbonyl (C=O) groups is 1. The van der Waals surface area contributed by atoms with Gasteiger partial charge in [-0.1, -0.05) is 24.7 Å². The van der Waals surface area contributed by atoms with Crippen LogP contribution in [0.1, 0.15) is 37.1 Å². The first kappa shape index (κ1) is 11.9. The molecule has 0 radical (unpaired) electrons. The molecule has 2 heterocycles. The van der Waals surface area contributed by atoms with Crippen LogP contribution in [0.25, 0.3) is 0 Å². The smallest absolute Gasteiger partial charge is 0.326 e. The second-order valence-corrected chi connectivity index (χ2v) is 6.12. The number of rotatable bonds is 3. The SMILES string of the molecule is CCC1CCC1c1nnc(N2CCN(C)C2=O)s1. The Morgan fingerprint density at radius 3 is 2.72 bits per heavy atom. The minimum atomic E-state index is 0.0401. The van der Waals surface area contributed by atoms with Gasteiger partial charge in [-0.2, -0.15) is 0 Å². The number of urea groups is 1. The lowest BCUT2D eigenvalue weighted by Crippen LogP contribution is -2.29. The molecule has 0 spiro atoms. The molecule has 0 aromatic carbocycles. The van der Waals surface area contributed by atoms with E-state index in [9.17, 15) is 4.79 Å². The standard InChI is InChI=1S/C12H18N4OS/c1-3-8-4-5-9(8)10-13-14-11(18-10)16-7-6-15(2)12(16)17/h8-9H,3-7H2,1-2H3. The molecule has 1 aromatic heterocycles. The number of hydrogen-bond acceptors (Lipinski definition) is 4. The molecule has 2 aliphatic rings. The minimum Gasteiger partial charge on any atom is -0.326 e. The van der Waals surface area contributed by atoms with Crippen molar-refractivity contribution in [1.29, 1.82) is 0 Å². The summed E-state index contributed by atoms with van der Waals surface area (Å²) in [5.74, 6) is 1.35. The zero-order chi connectivity index (χ0) is 12.7. The summed E-state index contributed by atoms with van der Waals surface area (Å²) in [5.41, 5.74) is 0. The fourth-order valence-electron chi connectivity index (χ4n) is 2.69. The number of likely N-dealkylation sites (N-methyl/N-ethyl adjacent to an activating group) is 1. The van der Waals surface area contributed by atoms with Gasteiger partial charge in [0, 0.05) is 26.1 Å². The van der Waals surface area contributed by atoms with E-state index in [0.717, 1.165) is 29.1 Å². The van der Waals surface area contributed by atoms with Crippen LogP contribution in [-0.4, -0.2) is 41.3 Å². The molecule has 1 aromatic rings. The van der Waals surface area contributed by atoms with E-state index in [0.29, 0.717) is 5.92 Å². The van der Waals surface area contributed by atoms with Crippen molar-refractivity contribution in [3.05, 3.63) is 5.01 Å². The van der Waals surface area contributed by atoms with E-state index < -0.39 is 0 Å². The molecule has 2 atom stereocenters. The lowest BCUT2D eigenvalue weighted by molar-refractivity contribution is 0.229. The molecule has 1 saturated carbocycles. The predicted molar refractivity (Wildman–Crippen MR) is 71.0 cm³/mol. The van der Waals surface area contributed by atoms with Gasteiger partial charge in [0.1, 0.15) is 5.01 Å². The second kappa shape index (κ2) is 4.50. The van der Waals surface area contributed by atoms with Gasteiger partial charge in [0.05, 0.1) is 0 Å². The maximum absolute atomic E-state index is 11.9. The van der Waals surface area contributed by atoms with Gasteiger partial charge >= 0.3 is 6.03 Å². The number of hydrogen-bond donors (Lipinski definition) is 0. The van der Waals surface area contributed by atoms with Gasteiger partial charge in [-0.25, -0.2) is 4.79 Å². The molecule has 2 fully saturated rings. The maximum Gasteiger partial charge on any atom is 0.326 e. The molecule has 2 unspecified atom stereocenters. The van der Waals surface area contributed by atoms with Gasteiger partial charge in [-0.15, -0.1) is 10.2 Å². The Bertz CT molecular complexity index is 459. The molecule has 98 valence electrons. The van der Waals surface area contributed by atoms with Crippen LogP contribution in [0.2, 0.25) is 0 Å². The van der Waals surface area contributed by atoms with E-state index in [4.69, 9.17) is 0 Å². The Morgan fingerprint density at radius 2 is 2.17 bits per heavy atom. The largest absolute Gasteiger partial charge is 0.326 e. The van der Waals surface area contributed by atoms with E-state index in [2.05, 4.69) is 17.1 Å². The van der Waals surface area contributed by atoms with Gasteiger partial charge in [-0.05, 0) is 18.8 Å². The summed E-state index contributed by atoms with van der Waals surface area (Å²) in [4.78, 5) is 15.3. The van der Waals surface area contributed by atoms with Crippen LogP contribution < -0.4 is 4.90 Å². The highest BCUT2D eigenvalue weighted by Crippen LogP contribution is 2.46. The highest BCUT2D eigenvalue weighted by Gasteiger charge is 2.35. The van der Waals surface area contributed by atoms with Crippen molar-refractivity contribution in [2.45, 2.75) is 32.1 Å². The quantitative estimate of drug-likeness (QED) is 0.843. The summed E-state index contributed by atoms with van der Waals surface area (Å²) in [5, 5.41) is 10.4. The number of aromatic nitrogens is 2. The maximum atomic E-state index is 11.9. The predicted octanol–water partition coefficient (Wildman–Crippen LogP) is 2.31. The summed E-state index contributed by atoms with van der Waals surface area (Å²) in [6, 6.07) is 0.0401. The molecular weight excluding hydrogens is 248 g/mol. The first-order valence-electron chi connectivity index (χ1n) is 6.56. The van der Waals surface area contributed by atoms with E-state index in [1.54, 1.807) is 21.1 Å². The Hall–Kier alpha value is -1.17.